The molecule has 1 aromatic heterocycles. The van der Waals surface area contributed by atoms with Crippen LogP contribution in [0, 0.1) is 11.6 Å². The molecular weight excluding hydrogens is 388 g/mol. The zero-order valence-corrected chi connectivity index (χ0v) is 15.4. The Morgan fingerprint density at radius 3 is 2.71 bits per heavy atom. The smallest absolute Gasteiger partial charge is 0.252 e. The molecule has 2 heterocycles. The van der Waals surface area contributed by atoms with E-state index in [1.165, 1.54) is 18.3 Å². The number of H-pyrrole nitrogens is 1. The van der Waals surface area contributed by atoms with Gasteiger partial charge < -0.3 is 10.6 Å². The Bertz CT molecular complexity index is 1110. The molecule has 3 aromatic rings. The van der Waals surface area contributed by atoms with E-state index in [2.05, 4.69) is 25.8 Å². The maximum atomic E-state index is 14.3. The zero-order valence-electron chi connectivity index (χ0n) is 14.6. The number of nitrogens with zero attached hydrogens (tertiary/aromatic N) is 2. The number of amidine groups is 1. The molecule has 3 N–H and O–H groups in total. The van der Waals surface area contributed by atoms with Crippen molar-refractivity contribution in [3.05, 3.63) is 64.3 Å². The number of amides is 1. The molecule has 0 saturated heterocycles. The summed E-state index contributed by atoms with van der Waals surface area (Å²) in [5, 5.41) is 12.6. The van der Waals surface area contributed by atoms with E-state index in [1.54, 1.807) is 13.0 Å². The van der Waals surface area contributed by atoms with Gasteiger partial charge in [0.1, 0.15) is 17.5 Å². The summed E-state index contributed by atoms with van der Waals surface area (Å²) in [5.74, 6) is -1.94. The molecular formula is C19H14ClF2N5O. The van der Waals surface area contributed by atoms with Crippen molar-refractivity contribution < 1.29 is 13.6 Å². The summed E-state index contributed by atoms with van der Waals surface area (Å²) >= 11 is 6.30. The Balaban J connectivity index is 1.96. The molecule has 0 bridgehead atoms. The number of aromatic nitrogens is 2. The fraction of sp³-hybridized carbons (Fsp3) is 0.105. The fourth-order valence-corrected chi connectivity index (χ4v) is 3.24. The second-order valence-corrected chi connectivity index (χ2v) is 6.46. The van der Waals surface area contributed by atoms with Gasteiger partial charge in [0, 0.05) is 12.1 Å². The summed E-state index contributed by atoms with van der Waals surface area (Å²) in [6.07, 6.45) is 1.48. The average molecular weight is 402 g/mol. The third-order valence-electron chi connectivity index (χ3n) is 4.26. The predicted octanol–water partition coefficient (Wildman–Crippen LogP) is 4.26. The number of halogens is 3. The van der Waals surface area contributed by atoms with Crippen molar-refractivity contribution in [2.75, 3.05) is 11.9 Å². The van der Waals surface area contributed by atoms with Crippen LogP contribution in [0.5, 0.6) is 0 Å². The number of hydrogen-bond acceptors (Lipinski definition) is 4. The number of anilines is 1. The molecule has 1 aliphatic heterocycles. The number of carbonyl (C=O) groups excluding carboxylic acids is 1. The fourth-order valence-electron chi connectivity index (χ4n) is 2.99. The molecule has 0 aliphatic carbocycles. The highest BCUT2D eigenvalue weighted by atomic mass is 35.5. The second kappa shape index (κ2) is 7.05. The predicted molar refractivity (Wildman–Crippen MR) is 103 cm³/mol. The molecule has 4 rings (SSSR count). The Hall–Kier alpha value is -3.26. The van der Waals surface area contributed by atoms with Crippen LogP contribution < -0.4 is 10.6 Å². The summed E-state index contributed by atoms with van der Waals surface area (Å²) < 4.78 is 28.7. The van der Waals surface area contributed by atoms with Gasteiger partial charge in [0.2, 0.25) is 0 Å². The van der Waals surface area contributed by atoms with Gasteiger partial charge in [-0.2, -0.15) is 5.10 Å². The van der Waals surface area contributed by atoms with Gasteiger partial charge in [-0.25, -0.2) is 13.8 Å². The lowest BCUT2D eigenvalue weighted by molar-refractivity contribution is 0.0956. The van der Waals surface area contributed by atoms with Crippen molar-refractivity contribution in [2.45, 2.75) is 6.92 Å². The number of hydrogen-bond donors (Lipinski definition) is 3. The first-order valence-corrected chi connectivity index (χ1v) is 8.83. The molecule has 0 radical (unpaired) electrons. The minimum atomic E-state index is -0.766. The summed E-state index contributed by atoms with van der Waals surface area (Å²) in [6.45, 7) is 2.21. The van der Waals surface area contributed by atoms with E-state index in [1.807, 2.05) is 0 Å². The van der Waals surface area contributed by atoms with E-state index in [0.29, 0.717) is 29.2 Å². The lowest BCUT2D eigenvalue weighted by Gasteiger charge is -2.10. The zero-order chi connectivity index (χ0) is 19.8. The number of rotatable bonds is 3. The van der Waals surface area contributed by atoms with Crippen LogP contribution in [0.25, 0.3) is 11.3 Å². The van der Waals surface area contributed by atoms with Crippen molar-refractivity contribution in [2.24, 2.45) is 4.99 Å². The van der Waals surface area contributed by atoms with Crippen molar-refractivity contribution in [1.29, 1.82) is 0 Å². The number of carbonyl (C=O) groups is 1. The molecule has 142 valence electrons. The summed E-state index contributed by atoms with van der Waals surface area (Å²) in [5.41, 5.74) is 1.78. The lowest BCUT2D eigenvalue weighted by atomic mass is 10.1. The standard InChI is InChI=1S/C19H14ClF2N5O/c1-2-23-19(28)9-7-14-10(6-11(9)20)17-15(8-24-27-17)26-18(25-14)16-12(21)4-3-5-13(16)22/h3-8H,2H2,1H3,(H,23,28)(H,24,27)(H,25,26). The summed E-state index contributed by atoms with van der Waals surface area (Å²) in [4.78, 5) is 16.7. The number of aromatic amines is 1. The first-order chi connectivity index (χ1) is 13.5. The van der Waals surface area contributed by atoms with Crippen molar-refractivity contribution in [3.63, 3.8) is 0 Å². The van der Waals surface area contributed by atoms with E-state index >= 15 is 0 Å². The minimum Gasteiger partial charge on any atom is -0.352 e. The van der Waals surface area contributed by atoms with Crippen LogP contribution >= 0.6 is 11.6 Å². The van der Waals surface area contributed by atoms with Gasteiger partial charge in [-0.3, -0.25) is 9.89 Å². The van der Waals surface area contributed by atoms with Gasteiger partial charge in [0.15, 0.2) is 0 Å². The van der Waals surface area contributed by atoms with Gasteiger partial charge in [-0.1, -0.05) is 17.7 Å². The first-order valence-electron chi connectivity index (χ1n) is 8.45. The van der Waals surface area contributed by atoms with Crippen molar-refractivity contribution in [1.82, 2.24) is 15.5 Å². The van der Waals surface area contributed by atoms with Crippen LogP contribution in [0.15, 0.2) is 41.5 Å². The Morgan fingerprint density at radius 1 is 1.25 bits per heavy atom. The van der Waals surface area contributed by atoms with Gasteiger partial charge in [-0.15, -0.1) is 0 Å². The van der Waals surface area contributed by atoms with Gasteiger partial charge >= 0.3 is 0 Å². The number of nitrogens with one attached hydrogen (secondary N) is 3. The maximum Gasteiger partial charge on any atom is 0.252 e. The summed E-state index contributed by atoms with van der Waals surface area (Å²) in [6, 6.07) is 6.62. The average Bonchev–Trinajstić information content (AvgIpc) is 3.05. The molecule has 2 aromatic carbocycles. The van der Waals surface area contributed by atoms with Crippen LogP contribution in [0.1, 0.15) is 22.8 Å². The number of aliphatic imine (C=N–C) groups is 1. The van der Waals surface area contributed by atoms with Crippen LogP contribution in [-0.4, -0.2) is 28.5 Å². The van der Waals surface area contributed by atoms with Crippen LogP contribution in [0.2, 0.25) is 5.02 Å². The molecule has 0 unspecified atom stereocenters. The SMILES string of the molecule is CCNC(=O)c1cc2c(cc1Cl)-c1[nH]ncc1NC(c1c(F)cccc1F)=N2. The molecule has 28 heavy (non-hydrogen) atoms. The van der Waals surface area contributed by atoms with E-state index in [-0.39, 0.29) is 27.9 Å². The van der Waals surface area contributed by atoms with Crippen molar-refractivity contribution >= 4 is 34.7 Å². The largest absolute Gasteiger partial charge is 0.352 e. The molecule has 9 heteroatoms. The second-order valence-electron chi connectivity index (χ2n) is 6.05. The maximum absolute atomic E-state index is 14.3. The van der Waals surface area contributed by atoms with E-state index < -0.39 is 11.6 Å². The van der Waals surface area contributed by atoms with Crippen LogP contribution in [0.3, 0.4) is 0 Å². The topological polar surface area (TPSA) is 82.2 Å². The van der Waals surface area contributed by atoms with E-state index in [4.69, 9.17) is 11.6 Å². The molecule has 6 nitrogen and oxygen atoms in total. The van der Waals surface area contributed by atoms with Crippen LogP contribution in [-0.2, 0) is 0 Å². The summed E-state index contributed by atoms with van der Waals surface area (Å²) in [7, 11) is 0. The molecule has 1 aliphatic rings. The Kier molecular flexibility index (Phi) is 4.56. The monoisotopic (exact) mass is 401 g/mol. The number of benzene rings is 2. The molecule has 0 saturated carbocycles. The van der Waals surface area contributed by atoms with Crippen LogP contribution in [0.4, 0.5) is 20.2 Å². The molecule has 0 fully saturated rings. The van der Waals surface area contributed by atoms with Gasteiger partial charge in [-0.05, 0) is 31.2 Å². The molecule has 0 spiro atoms. The lowest BCUT2D eigenvalue weighted by Crippen LogP contribution is -2.23. The van der Waals surface area contributed by atoms with Crippen molar-refractivity contribution in [3.8, 4) is 11.3 Å². The first kappa shape index (κ1) is 18.1. The highest BCUT2D eigenvalue weighted by Gasteiger charge is 2.24. The highest BCUT2D eigenvalue weighted by Crippen LogP contribution is 2.40. The highest BCUT2D eigenvalue weighted by molar-refractivity contribution is 6.34. The van der Waals surface area contributed by atoms with Gasteiger partial charge in [0.25, 0.3) is 5.91 Å². The quantitative estimate of drug-likeness (QED) is 0.613. The number of fused-ring (bicyclic) bond motifs is 3. The third-order valence-corrected chi connectivity index (χ3v) is 4.57. The molecule has 0 atom stereocenters. The third kappa shape index (κ3) is 3.01. The normalized spacial score (nSPS) is 12.4. The minimum absolute atomic E-state index is 0.0406. The Labute approximate surface area is 163 Å². The van der Waals surface area contributed by atoms with Gasteiger partial charge in [0.05, 0.1) is 39.4 Å². The molecule has 1 amide bonds. The van der Waals surface area contributed by atoms with E-state index in [0.717, 1.165) is 12.1 Å². The van der Waals surface area contributed by atoms with E-state index in [9.17, 15) is 13.6 Å². The Morgan fingerprint density at radius 2 is 2.00 bits per heavy atom.